The van der Waals surface area contributed by atoms with Gasteiger partial charge in [0.15, 0.2) is 0 Å². The number of amides is 5. The third kappa shape index (κ3) is 12.9. The molecular formula is C37H43IN6O8S2. The molecule has 5 atom stereocenters. The van der Waals surface area contributed by atoms with Crippen LogP contribution in [0.25, 0.3) is 0 Å². The van der Waals surface area contributed by atoms with Crippen LogP contribution in [-0.2, 0) is 48.0 Å². The molecule has 54 heavy (non-hydrogen) atoms. The van der Waals surface area contributed by atoms with Gasteiger partial charge in [-0.25, -0.2) is 4.79 Å². The molecule has 1 saturated heterocycles. The van der Waals surface area contributed by atoms with Crippen LogP contribution < -0.4 is 32.3 Å². The smallest absolute Gasteiger partial charge is 0.326 e. The Labute approximate surface area is 334 Å². The maximum absolute atomic E-state index is 13.8. The molecule has 0 radical (unpaired) electrons. The summed E-state index contributed by atoms with van der Waals surface area (Å²) in [7, 11) is 2.29. The van der Waals surface area contributed by atoms with Crippen molar-refractivity contribution in [2.75, 3.05) is 12.3 Å². The van der Waals surface area contributed by atoms with E-state index < -0.39 is 77.0 Å². The van der Waals surface area contributed by atoms with Crippen LogP contribution in [0.2, 0.25) is 0 Å². The molecule has 0 saturated carbocycles. The first-order valence-corrected chi connectivity index (χ1v) is 20.3. The summed E-state index contributed by atoms with van der Waals surface area (Å²) >= 11 is 2.14. The molecule has 0 aliphatic carbocycles. The number of carboxylic acids is 1. The lowest BCUT2D eigenvalue weighted by Gasteiger charge is -2.34. The highest BCUT2D eigenvalue weighted by Gasteiger charge is 2.40. The normalized spacial score (nSPS) is 20.5. The number of rotatable bonds is 11. The predicted octanol–water partition coefficient (Wildman–Crippen LogP) is 1.67. The zero-order valence-corrected chi connectivity index (χ0v) is 33.3. The number of aliphatic carboxylic acids is 1. The van der Waals surface area contributed by atoms with Crippen molar-refractivity contribution in [2.24, 2.45) is 5.73 Å². The lowest BCUT2D eigenvalue weighted by atomic mass is 10.0. The number of carbonyl (C=O) groups excluding carboxylic acids is 5. The number of hydrogen-bond acceptors (Lipinski definition) is 10. The molecule has 9 N–H and O–H groups in total. The van der Waals surface area contributed by atoms with Crippen LogP contribution in [0, 0.1) is 3.57 Å². The first kappa shape index (κ1) is 42.4. The fourth-order valence-corrected chi connectivity index (χ4v) is 8.62. The minimum Gasteiger partial charge on any atom is -0.508 e. The summed E-state index contributed by atoms with van der Waals surface area (Å²) in [5.74, 6) is -4.73. The summed E-state index contributed by atoms with van der Waals surface area (Å²) in [6.07, 6.45) is 0.161. The van der Waals surface area contributed by atoms with E-state index in [2.05, 4.69) is 49.2 Å². The molecule has 0 spiro atoms. The average molecular weight is 891 g/mol. The number of benzene rings is 3. The summed E-state index contributed by atoms with van der Waals surface area (Å²) in [6, 6.07) is 16.2. The number of carbonyl (C=O) groups is 6. The van der Waals surface area contributed by atoms with Gasteiger partial charge >= 0.3 is 5.97 Å². The number of phenolic OH excluding ortho intramolecular Hbond substituents is 1. The van der Waals surface area contributed by atoms with Crippen LogP contribution in [0.1, 0.15) is 30.5 Å². The fourth-order valence-electron chi connectivity index (χ4n) is 5.44. The van der Waals surface area contributed by atoms with Gasteiger partial charge in [0, 0.05) is 26.9 Å². The molecule has 0 bridgehead atoms. The number of aromatic hydroxyl groups is 1. The maximum atomic E-state index is 13.8. The van der Waals surface area contributed by atoms with E-state index in [1.165, 1.54) is 12.1 Å². The van der Waals surface area contributed by atoms with Gasteiger partial charge in [0.1, 0.15) is 29.9 Å². The largest absolute Gasteiger partial charge is 0.508 e. The minimum atomic E-state index is -1.31. The van der Waals surface area contributed by atoms with Crippen molar-refractivity contribution < 1.29 is 39.0 Å². The van der Waals surface area contributed by atoms with Crippen molar-refractivity contribution in [3.05, 3.63) is 99.1 Å². The molecule has 5 amide bonds. The Hall–Kier alpha value is -4.33. The number of nitrogens with two attached hydrogens (primary N) is 1. The Morgan fingerprint density at radius 3 is 2.19 bits per heavy atom. The molecule has 1 aliphatic heterocycles. The third-order valence-corrected chi connectivity index (χ3v) is 12.5. The highest BCUT2D eigenvalue weighted by atomic mass is 127. The monoisotopic (exact) mass is 890 g/mol. The van der Waals surface area contributed by atoms with E-state index in [1.54, 1.807) is 68.4 Å². The van der Waals surface area contributed by atoms with E-state index in [-0.39, 0.29) is 30.8 Å². The number of phenols is 1. The van der Waals surface area contributed by atoms with Crippen LogP contribution in [0.5, 0.6) is 5.75 Å². The number of hydrogen-bond donors (Lipinski definition) is 8. The van der Waals surface area contributed by atoms with E-state index in [0.717, 1.165) is 25.2 Å². The van der Waals surface area contributed by atoms with Gasteiger partial charge in [0.25, 0.3) is 0 Å². The molecule has 0 aromatic heterocycles. The van der Waals surface area contributed by atoms with E-state index in [4.69, 9.17) is 5.73 Å². The second-order valence-electron chi connectivity index (χ2n) is 13.2. The Bertz CT molecular complexity index is 1800. The molecule has 3 aromatic rings. The topological polar surface area (TPSA) is 229 Å². The Morgan fingerprint density at radius 2 is 1.54 bits per heavy atom. The van der Waals surface area contributed by atoms with Crippen molar-refractivity contribution >= 4 is 79.7 Å². The predicted molar refractivity (Wildman–Crippen MR) is 215 cm³/mol. The highest BCUT2D eigenvalue weighted by Crippen LogP contribution is 2.39. The molecule has 1 heterocycles. The number of halogens is 1. The molecular weight excluding hydrogens is 847 g/mol. The van der Waals surface area contributed by atoms with Crippen LogP contribution in [-0.4, -0.2) is 93.0 Å². The van der Waals surface area contributed by atoms with Gasteiger partial charge in [-0.1, -0.05) is 76.2 Å². The van der Waals surface area contributed by atoms with Crippen LogP contribution in [0.4, 0.5) is 0 Å². The van der Waals surface area contributed by atoms with Crippen molar-refractivity contribution in [3.8, 4) is 5.75 Å². The van der Waals surface area contributed by atoms with Crippen molar-refractivity contribution in [1.29, 1.82) is 0 Å². The molecule has 1 aliphatic rings. The van der Waals surface area contributed by atoms with E-state index >= 15 is 0 Å². The second-order valence-corrected chi connectivity index (χ2v) is 17.4. The molecule has 288 valence electrons. The van der Waals surface area contributed by atoms with Gasteiger partial charge in [-0.05, 0) is 83.8 Å². The zero-order valence-electron chi connectivity index (χ0n) is 29.5. The number of carboxylic acid groups (broad SMARTS) is 1. The minimum absolute atomic E-state index is 0.00559. The summed E-state index contributed by atoms with van der Waals surface area (Å²) in [6.45, 7) is 2.86. The van der Waals surface area contributed by atoms with Crippen molar-refractivity contribution in [3.63, 3.8) is 0 Å². The summed E-state index contributed by atoms with van der Waals surface area (Å²) in [4.78, 5) is 80.1. The van der Waals surface area contributed by atoms with E-state index in [9.17, 15) is 39.0 Å². The van der Waals surface area contributed by atoms with Gasteiger partial charge in [-0.15, -0.1) is 0 Å². The fraction of sp³-hybridized carbons (Fsp3) is 0.351. The zero-order chi connectivity index (χ0) is 39.4. The molecule has 3 aromatic carbocycles. The maximum Gasteiger partial charge on any atom is 0.326 e. The van der Waals surface area contributed by atoms with Gasteiger partial charge in [0.2, 0.25) is 29.5 Å². The average Bonchev–Trinajstić information content (AvgIpc) is 3.13. The van der Waals surface area contributed by atoms with Crippen molar-refractivity contribution in [1.82, 2.24) is 26.6 Å². The quantitative estimate of drug-likeness (QED) is 0.102. The van der Waals surface area contributed by atoms with E-state index in [0.29, 0.717) is 16.7 Å². The molecule has 14 nitrogen and oxygen atoms in total. The highest BCUT2D eigenvalue weighted by molar-refractivity contribution is 14.1. The second kappa shape index (κ2) is 19.8. The SMILES string of the molecule is CC1(C)SSCC(C(=O)N[C@@H](Cc2ccccc2)C(=O)O)NC(=O)C(Cc2ccc(I)cc2)NC(=O)CNC(=O)[C@@H]1NC(=O)[C@@H](N)Cc1ccc(O)cc1. The summed E-state index contributed by atoms with van der Waals surface area (Å²) in [5, 5.41) is 32.8. The van der Waals surface area contributed by atoms with Gasteiger partial charge in [-0.3, -0.25) is 24.0 Å². The molecule has 1 fully saturated rings. The third-order valence-electron chi connectivity index (χ3n) is 8.44. The lowest BCUT2D eigenvalue weighted by molar-refractivity contribution is -0.142. The Balaban J connectivity index is 1.59. The van der Waals surface area contributed by atoms with Crippen LogP contribution in [0.3, 0.4) is 0 Å². The van der Waals surface area contributed by atoms with Crippen LogP contribution in [0.15, 0.2) is 78.9 Å². The number of nitrogens with one attached hydrogen (secondary N) is 5. The Kier molecular flexibility index (Phi) is 15.6. The van der Waals surface area contributed by atoms with Gasteiger partial charge in [0.05, 0.1) is 12.6 Å². The summed E-state index contributed by atoms with van der Waals surface area (Å²) in [5.41, 5.74) is 8.31. The first-order chi connectivity index (χ1) is 25.6. The van der Waals surface area contributed by atoms with Crippen molar-refractivity contribution in [2.45, 2.75) is 68.1 Å². The van der Waals surface area contributed by atoms with Gasteiger partial charge < -0.3 is 42.5 Å². The standard InChI is InChI=1S/C37H43IN6O8S2/c1-37(2)31(44-32(47)26(39)16-22-10-14-25(45)15-11-22)35(50)40-19-30(46)41-27(17-23-8-12-24(38)13-9-23)33(48)43-29(20-53-54-37)34(49)42-28(36(51)52)18-21-6-4-3-5-7-21/h3-15,26-29,31,45H,16-20,39H2,1-2H3,(H,40,50)(H,41,46)(H,42,49)(H,43,48)(H,44,47)(H,51,52)/t26-,27?,28-,29?,31-/m0/s1. The van der Waals surface area contributed by atoms with Gasteiger partial charge in [-0.2, -0.15) is 0 Å². The molecule has 4 rings (SSSR count). The van der Waals surface area contributed by atoms with E-state index in [1.807, 2.05) is 12.1 Å². The molecule has 17 heteroatoms. The Morgan fingerprint density at radius 1 is 0.907 bits per heavy atom. The summed E-state index contributed by atoms with van der Waals surface area (Å²) < 4.78 is -0.113. The lowest BCUT2D eigenvalue weighted by Crippen LogP contribution is -2.61. The first-order valence-electron chi connectivity index (χ1n) is 16.9. The molecule has 2 unspecified atom stereocenters. The van der Waals surface area contributed by atoms with Crippen LogP contribution >= 0.6 is 44.2 Å².